The standard InChI is InChI=1S/C14H9ClF3N3O2/c1-7-9(6-19)13(12(23)20-7,14(16,17)18)21-11(22)8-4-2-3-5-10(8)15/h2-5H,1H3,(H,20,23)(H,21,22)/t13-/m1/s1. The zero-order valence-electron chi connectivity index (χ0n) is 11.6. The van der Waals surface area contributed by atoms with Gasteiger partial charge in [-0.2, -0.15) is 18.4 Å². The Bertz CT molecular complexity index is 767. The van der Waals surface area contributed by atoms with Crippen LogP contribution < -0.4 is 10.6 Å². The SMILES string of the molecule is CC1=C(C#N)[C@](NC(=O)c2ccccc2Cl)(C(F)(F)F)C(=O)N1. The average Bonchev–Trinajstić information content (AvgIpc) is 2.69. The zero-order valence-corrected chi connectivity index (χ0v) is 12.3. The first-order chi connectivity index (χ1) is 10.6. The number of amides is 2. The van der Waals surface area contributed by atoms with Gasteiger partial charge in [0.25, 0.3) is 17.4 Å². The number of benzene rings is 1. The quantitative estimate of drug-likeness (QED) is 0.864. The maximum atomic E-state index is 13.6. The van der Waals surface area contributed by atoms with Crippen molar-refractivity contribution in [3.63, 3.8) is 0 Å². The van der Waals surface area contributed by atoms with Crippen molar-refractivity contribution in [1.82, 2.24) is 10.6 Å². The van der Waals surface area contributed by atoms with Crippen molar-refractivity contribution in [3.8, 4) is 6.07 Å². The minimum Gasteiger partial charge on any atom is -0.326 e. The van der Waals surface area contributed by atoms with Gasteiger partial charge in [-0.1, -0.05) is 23.7 Å². The molecule has 23 heavy (non-hydrogen) atoms. The van der Waals surface area contributed by atoms with Crippen LogP contribution in [0.4, 0.5) is 13.2 Å². The van der Waals surface area contributed by atoms with Crippen LogP contribution in [0.25, 0.3) is 0 Å². The highest BCUT2D eigenvalue weighted by Crippen LogP contribution is 2.41. The molecule has 0 saturated heterocycles. The summed E-state index contributed by atoms with van der Waals surface area (Å²) in [7, 11) is 0. The highest BCUT2D eigenvalue weighted by Gasteiger charge is 2.67. The zero-order chi connectivity index (χ0) is 17.4. The number of halogens is 4. The predicted molar refractivity (Wildman–Crippen MR) is 74.2 cm³/mol. The maximum absolute atomic E-state index is 13.6. The summed E-state index contributed by atoms with van der Waals surface area (Å²) in [5, 5.41) is 12.5. The molecule has 9 heteroatoms. The Balaban J connectivity index is 2.55. The van der Waals surface area contributed by atoms with Crippen molar-refractivity contribution in [2.45, 2.75) is 18.6 Å². The second-order valence-corrected chi connectivity index (χ2v) is 5.15. The number of hydrogen-bond donors (Lipinski definition) is 2. The lowest BCUT2D eigenvalue weighted by molar-refractivity contribution is -0.184. The monoisotopic (exact) mass is 343 g/mol. The minimum atomic E-state index is -5.21. The van der Waals surface area contributed by atoms with Gasteiger partial charge in [0, 0.05) is 5.70 Å². The Morgan fingerprint density at radius 2 is 2.00 bits per heavy atom. The Labute approximate surface area is 133 Å². The van der Waals surface area contributed by atoms with E-state index in [-0.39, 0.29) is 16.3 Å². The normalized spacial score (nSPS) is 21.0. The van der Waals surface area contributed by atoms with Crippen molar-refractivity contribution in [3.05, 3.63) is 46.1 Å². The van der Waals surface area contributed by atoms with Gasteiger partial charge in [-0.15, -0.1) is 0 Å². The van der Waals surface area contributed by atoms with E-state index in [4.69, 9.17) is 16.9 Å². The molecule has 1 aliphatic rings. The first-order valence-electron chi connectivity index (χ1n) is 6.22. The van der Waals surface area contributed by atoms with Crippen LogP contribution in [0.5, 0.6) is 0 Å². The van der Waals surface area contributed by atoms with E-state index in [1.54, 1.807) is 5.32 Å². The molecular weight excluding hydrogens is 335 g/mol. The van der Waals surface area contributed by atoms with Gasteiger partial charge in [-0.3, -0.25) is 9.59 Å². The van der Waals surface area contributed by atoms with Gasteiger partial charge in [-0.25, -0.2) is 0 Å². The van der Waals surface area contributed by atoms with Crippen LogP contribution in [-0.4, -0.2) is 23.5 Å². The molecule has 2 amide bonds. The van der Waals surface area contributed by atoms with E-state index in [1.807, 2.05) is 5.32 Å². The first kappa shape index (κ1) is 16.8. The van der Waals surface area contributed by atoms with E-state index in [0.29, 0.717) is 0 Å². The van der Waals surface area contributed by atoms with Crippen LogP contribution in [0.3, 0.4) is 0 Å². The van der Waals surface area contributed by atoms with E-state index < -0.39 is 29.1 Å². The molecule has 120 valence electrons. The van der Waals surface area contributed by atoms with Crippen LogP contribution in [0.15, 0.2) is 35.5 Å². The summed E-state index contributed by atoms with van der Waals surface area (Å²) in [4.78, 5) is 24.1. The molecule has 0 fully saturated rings. The Hall–Kier alpha value is -2.53. The Kier molecular flexibility index (Phi) is 4.09. The molecule has 0 saturated carbocycles. The third kappa shape index (κ3) is 2.53. The fourth-order valence-electron chi connectivity index (χ4n) is 2.23. The molecule has 1 aliphatic heterocycles. The summed E-state index contributed by atoms with van der Waals surface area (Å²) in [6.07, 6.45) is -5.21. The van der Waals surface area contributed by atoms with Gasteiger partial charge in [0.05, 0.1) is 22.2 Å². The van der Waals surface area contributed by atoms with Crippen LogP contribution >= 0.6 is 11.6 Å². The lowest BCUT2D eigenvalue weighted by atomic mass is 9.90. The summed E-state index contributed by atoms with van der Waals surface area (Å²) in [5.74, 6) is -2.76. The fraction of sp³-hybridized carbons (Fsp3) is 0.214. The van der Waals surface area contributed by atoms with E-state index in [9.17, 15) is 22.8 Å². The van der Waals surface area contributed by atoms with Crippen LogP contribution in [0, 0.1) is 11.3 Å². The molecule has 1 aromatic carbocycles. The third-order valence-electron chi connectivity index (χ3n) is 3.35. The van der Waals surface area contributed by atoms with Crippen molar-refractivity contribution in [1.29, 1.82) is 5.26 Å². The molecule has 1 heterocycles. The Morgan fingerprint density at radius 3 is 2.52 bits per heavy atom. The van der Waals surface area contributed by atoms with Gasteiger partial charge >= 0.3 is 6.18 Å². The molecule has 2 rings (SSSR count). The number of alkyl halides is 3. The number of nitriles is 1. The number of carbonyl (C=O) groups is 2. The lowest BCUT2D eigenvalue weighted by Gasteiger charge is -2.30. The number of allylic oxidation sites excluding steroid dienone is 1. The van der Waals surface area contributed by atoms with Crippen LogP contribution in [0.2, 0.25) is 5.02 Å². The van der Waals surface area contributed by atoms with Gasteiger partial charge in [0.15, 0.2) is 0 Å². The number of nitrogens with zero attached hydrogens (tertiary/aromatic N) is 1. The summed E-state index contributed by atoms with van der Waals surface area (Å²) < 4.78 is 40.7. The smallest absolute Gasteiger partial charge is 0.326 e. The molecule has 0 radical (unpaired) electrons. The number of nitrogens with one attached hydrogen (secondary N) is 2. The molecule has 1 aromatic rings. The molecule has 0 spiro atoms. The van der Waals surface area contributed by atoms with E-state index in [2.05, 4.69) is 0 Å². The largest absolute Gasteiger partial charge is 0.425 e. The van der Waals surface area contributed by atoms with Crippen molar-refractivity contribution in [2.75, 3.05) is 0 Å². The van der Waals surface area contributed by atoms with E-state index in [0.717, 1.165) is 6.92 Å². The second kappa shape index (κ2) is 5.59. The molecule has 0 unspecified atom stereocenters. The fourth-order valence-corrected chi connectivity index (χ4v) is 2.45. The van der Waals surface area contributed by atoms with E-state index >= 15 is 0 Å². The van der Waals surface area contributed by atoms with Crippen LogP contribution in [-0.2, 0) is 4.79 Å². The Morgan fingerprint density at radius 1 is 1.39 bits per heavy atom. The minimum absolute atomic E-state index is 0.0834. The molecule has 0 aromatic heterocycles. The summed E-state index contributed by atoms with van der Waals surface area (Å²) >= 11 is 5.78. The number of rotatable bonds is 2. The molecular formula is C14H9ClF3N3O2. The van der Waals surface area contributed by atoms with Crippen molar-refractivity contribution >= 4 is 23.4 Å². The highest BCUT2D eigenvalue weighted by molar-refractivity contribution is 6.34. The molecule has 0 aliphatic carbocycles. The molecule has 2 N–H and O–H groups in total. The van der Waals surface area contributed by atoms with Crippen molar-refractivity contribution < 1.29 is 22.8 Å². The van der Waals surface area contributed by atoms with E-state index in [1.165, 1.54) is 30.3 Å². The van der Waals surface area contributed by atoms with Gasteiger partial charge in [0.2, 0.25) is 0 Å². The summed E-state index contributed by atoms with van der Waals surface area (Å²) in [6, 6.07) is 6.76. The maximum Gasteiger partial charge on any atom is 0.425 e. The second-order valence-electron chi connectivity index (χ2n) is 4.75. The molecule has 5 nitrogen and oxygen atoms in total. The summed E-state index contributed by atoms with van der Waals surface area (Å²) in [6.45, 7) is 1.14. The first-order valence-corrected chi connectivity index (χ1v) is 6.59. The van der Waals surface area contributed by atoms with Gasteiger partial charge in [0.1, 0.15) is 0 Å². The third-order valence-corrected chi connectivity index (χ3v) is 3.68. The van der Waals surface area contributed by atoms with Crippen molar-refractivity contribution in [2.24, 2.45) is 0 Å². The molecule has 0 bridgehead atoms. The number of hydrogen-bond acceptors (Lipinski definition) is 3. The summed E-state index contributed by atoms with van der Waals surface area (Å²) in [5.41, 5.74) is -4.86. The van der Waals surface area contributed by atoms with Gasteiger partial charge in [-0.05, 0) is 19.1 Å². The lowest BCUT2D eigenvalue weighted by Crippen LogP contribution is -2.64. The van der Waals surface area contributed by atoms with Crippen LogP contribution in [0.1, 0.15) is 17.3 Å². The highest BCUT2D eigenvalue weighted by atomic mass is 35.5. The topological polar surface area (TPSA) is 82.0 Å². The number of carbonyl (C=O) groups excluding carboxylic acids is 2. The predicted octanol–water partition coefficient (Wildman–Crippen LogP) is 2.30. The van der Waals surface area contributed by atoms with Gasteiger partial charge < -0.3 is 10.6 Å². The molecule has 1 atom stereocenters. The average molecular weight is 344 g/mol.